The molecule has 0 saturated carbocycles. The van der Waals surface area contributed by atoms with E-state index in [1.165, 1.54) is 5.56 Å². The van der Waals surface area contributed by atoms with Crippen LogP contribution in [0.3, 0.4) is 0 Å². The van der Waals surface area contributed by atoms with Gasteiger partial charge in [-0.25, -0.2) is 0 Å². The maximum absolute atomic E-state index is 11.9. The number of benzene rings is 2. The van der Waals surface area contributed by atoms with Crippen LogP contribution in [0.4, 0.5) is 5.69 Å². The SMILES string of the molecule is CNC(=O)Cc1ccc(NC(=O)CCCc2ccccc2)cc1. The number of carbonyl (C=O) groups is 2. The van der Waals surface area contributed by atoms with Crippen LogP contribution in [-0.2, 0) is 22.4 Å². The highest BCUT2D eigenvalue weighted by Gasteiger charge is 2.04. The van der Waals surface area contributed by atoms with Gasteiger partial charge < -0.3 is 10.6 Å². The number of likely N-dealkylation sites (N-methyl/N-ethyl adjacent to an activating group) is 1. The fourth-order valence-corrected chi connectivity index (χ4v) is 2.30. The molecule has 0 spiro atoms. The van der Waals surface area contributed by atoms with Crippen molar-refractivity contribution in [3.8, 4) is 0 Å². The van der Waals surface area contributed by atoms with E-state index in [-0.39, 0.29) is 11.8 Å². The van der Waals surface area contributed by atoms with Crippen LogP contribution in [0, 0.1) is 0 Å². The summed E-state index contributed by atoms with van der Waals surface area (Å²) in [7, 11) is 1.62. The van der Waals surface area contributed by atoms with Gasteiger partial charge in [0.05, 0.1) is 6.42 Å². The van der Waals surface area contributed by atoms with Crippen LogP contribution >= 0.6 is 0 Å². The van der Waals surface area contributed by atoms with Gasteiger partial charge in [-0.05, 0) is 36.1 Å². The molecule has 0 heterocycles. The number of aryl methyl sites for hydroxylation is 1. The highest BCUT2D eigenvalue weighted by Crippen LogP contribution is 2.11. The van der Waals surface area contributed by atoms with Gasteiger partial charge in [0.1, 0.15) is 0 Å². The van der Waals surface area contributed by atoms with Gasteiger partial charge in [-0.1, -0.05) is 42.5 Å². The number of rotatable bonds is 7. The van der Waals surface area contributed by atoms with Crippen molar-refractivity contribution < 1.29 is 9.59 Å². The highest BCUT2D eigenvalue weighted by molar-refractivity contribution is 5.90. The Kier molecular flexibility index (Phi) is 6.36. The predicted octanol–water partition coefficient (Wildman–Crippen LogP) is 2.94. The zero-order valence-corrected chi connectivity index (χ0v) is 13.3. The summed E-state index contributed by atoms with van der Waals surface area (Å²) in [4.78, 5) is 23.2. The third kappa shape index (κ3) is 5.94. The van der Waals surface area contributed by atoms with Crippen molar-refractivity contribution in [1.29, 1.82) is 0 Å². The Balaban J connectivity index is 1.75. The molecular weight excluding hydrogens is 288 g/mol. The van der Waals surface area contributed by atoms with Gasteiger partial charge in [0, 0.05) is 19.2 Å². The van der Waals surface area contributed by atoms with Gasteiger partial charge >= 0.3 is 0 Å². The molecule has 0 aliphatic rings. The largest absolute Gasteiger partial charge is 0.359 e. The van der Waals surface area contributed by atoms with Crippen LogP contribution in [0.2, 0.25) is 0 Å². The first-order chi connectivity index (χ1) is 11.2. The Morgan fingerprint density at radius 3 is 2.22 bits per heavy atom. The quantitative estimate of drug-likeness (QED) is 0.826. The highest BCUT2D eigenvalue weighted by atomic mass is 16.2. The molecule has 23 heavy (non-hydrogen) atoms. The average Bonchev–Trinajstić information content (AvgIpc) is 2.57. The van der Waals surface area contributed by atoms with Crippen LogP contribution in [0.25, 0.3) is 0 Å². The summed E-state index contributed by atoms with van der Waals surface area (Å²) in [6.07, 6.45) is 2.57. The molecule has 0 bridgehead atoms. The van der Waals surface area contributed by atoms with Gasteiger partial charge in [0.2, 0.25) is 11.8 Å². The number of hydrogen-bond donors (Lipinski definition) is 2. The summed E-state index contributed by atoms with van der Waals surface area (Å²) < 4.78 is 0. The molecule has 4 heteroatoms. The number of carbonyl (C=O) groups excluding carboxylic acids is 2. The molecule has 0 saturated heterocycles. The molecule has 0 unspecified atom stereocenters. The van der Waals surface area contributed by atoms with Crippen molar-refractivity contribution in [2.75, 3.05) is 12.4 Å². The Bertz CT molecular complexity index is 636. The summed E-state index contributed by atoms with van der Waals surface area (Å²) in [5.74, 6) is -0.0114. The van der Waals surface area contributed by atoms with Crippen LogP contribution in [0.1, 0.15) is 24.0 Å². The van der Waals surface area contributed by atoms with Crippen molar-refractivity contribution in [2.24, 2.45) is 0 Å². The number of nitrogens with one attached hydrogen (secondary N) is 2. The van der Waals surface area contributed by atoms with Crippen molar-refractivity contribution in [1.82, 2.24) is 5.32 Å². The van der Waals surface area contributed by atoms with E-state index in [2.05, 4.69) is 22.8 Å². The first kappa shape index (κ1) is 16.7. The molecule has 0 aliphatic heterocycles. The van der Waals surface area contributed by atoms with Crippen LogP contribution < -0.4 is 10.6 Å². The lowest BCUT2D eigenvalue weighted by molar-refractivity contribution is -0.120. The van der Waals surface area contributed by atoms with E-state index in [9.17, 15) is 9.59 Å². The van der Waals surface area contributed by atoms with Gasteiger partial charge in [0.25, 0.3) is 0 Å². The lowest BCUT2D eigenvalue weighted by atomic mass is 10.1. The van der Waals surface area contributed by atoms with Crippen LogP contribution in [-0.4, -0.2) is 18.9 Å². The van der Waals surface area contributed by atoms with Crippen molar-refractivity contribution in [2.45, 2.75) is 25.7 Å². The second-order valence-electron chi connectivity index (χ2n) is 5.43. The molecule has 0 fully saturated rings. The van der Waals surface area contributed by atoms with Gasteiger partial charge in [0.15, 0.2) is 0 Å². The molecule has 2 amide bonds. The lowest BCUT2D eigenvalue weighted by Crippen LogP contribution is -2.19. The molecule has 2 aromatic rings. The Morgan fingerprint density at radius 1 is 0.870 bits per heavy atom. The van der Waals surface area contributed by atoms with E-state index in [1.807, 2.05) is 42.5 Å². The van der Waals surface area contributed by atoms with Crippen molar-refractivity contribution in [3.63, 3.8) is 0 Å². The fourth-order valence-electron chi connectivity index (χ4n) is 2.30. The van der Waals surface area contributed by atoms with E-state index in [4.69, 9.17) is 0 Å². The van der Waals surface area contributed by atoms with Crippen LogP contribution in [0.5, 0.6) is 0 Å². The Labute approximate surface area is 136 Å². The van der Waals surface area contributed by atoms with Gasteiger partial charge in [-0.15, -0.1) is 0 Å². The van der Waals surface area contributed by atoms with E-state index in [0.29, 0.717) is 12.8 Å². The van der Waals surface area contributed by atoms with E-state index < -0.39 is 0 Å². The van der Waals surface area contributed by atoms with Crippen molar-refractivity contribution >= 4 is 17.5 Å². The summed E-state index contributed by atoms with van der Waals surface area (Å²) in [5, 5.41) is 5.47. The van der Waals surface area contributed by atoms with Crippen LogP contribution in [0.15, 0.2) is 54.6 Å². The lowest BCUT2D eigenvalue weighted by Gasteiger charge is -2.07. The first-order valence-electron chi connectivity index (χ1n) is 7.80. The molecule has 4 nitrogen and oxygen atoms in total. The second kappa shape index (κ2) is 8.73. The number of hydrogen-bond acceptors (Lipinski definition) is 2. The standard InChI is InChI=1S/C19H22N2O2/c1-20-19(23)14-16-10-12-17(13-11-16)21-18(22)9-5-8-15-6-3-2-4-7-15/h2-4,6-7,10-13H,5,8-9,14H2,1H3,(H,20,23)(H,21,22). The average molecular weight is 310 g/mol. The first-order valence-corrected chi connectivity index (χ1v) is 7.80. The Hall–Kier alpha value is -2.62. The van der Waals surface area contributed by atoms with E-state index >= 15 is 0 Å². The molecule has 0 aliphatic carbocycles. The summed E-state index contributed by atoms with van der Waals surface area (Å²) in [6, 6.07) is 17.5. The maximum Gasteiger partial charge on any atom is 0.224 e. The summed E-state index contributed by atoms with van der Waals surface area (Å²) in [5.41, 5.74) is 2.93. The van der Waals surface area contributed by atoms with E-state index in [1.54, 1.807) is 7.05 Å². The molecule has 0 radical (unpaired) electrons. The van der Waals surface area contributed by atoms with Crippen molar-refractivity contribution in [3.05, 3.63) is 65.7 Å². The minimum Gasteiger partial charge on any atom is -0.359 e. The third-order valence-corrected chi connectivity index (χ3v) is 3.59. The zero-order valence-electron chi connectivity index (χ0n) is 13.3. The molecule has 120 valence electrons. The van der Waals surface area contributed by atoms with Gasteiger partial charge in [-0.3, -0.25) is 9.59 Å². The molecule has 2 N–H and O–H groups in total. The smallest absolute Gasteiger partial charge is 0.224 e. The minimum atomic E-state index is -0.0253. The second-order valence-corrected chi connectivity index (χ2v) is 5.43. The molecular formula is C19H22N2O2. The monoisotopic (exact) mass is 310 g/mol. The number of amides is 2. The molecule has 0 aromatic heterocycles. The summed E-state index contributed by atoms with van der Waals surface area (Å²) in [6.45, 7) is 0. The number of anilines is 1. The molecule has 0 atom stereocenters. The molecule has 2 aromatic carbocycles. The zero-order chi connectivity index (χ0) is 16.5. The fraction of sp³-hybridized carbons (Fsp3) is 0.263. The maximum atomic E-state index is 11.9. The topological polar surface area (TPSA) is 58.2 Å². The van der Waals surface area contributed by atoms with E-state index in [0.717, 1.165) is 24.1 Å². The predicted molar refractivity (Wildman–Crippen MR) is 92.2 cm³/mol. The summed E-state index contributed by atoms with van der Waals surface area (Å²) >= 11 is 0. The normalized spacial score (nSPS) is 10.1. The third-order valence-electron chi connectivity index (χ3n) is 3.59. The molecule has 2 rings (SSSR count). The minimum absolute atomic E-state index is 0.0139. The van der Waals surface area contributed by atoms with Gasteiger partial charge in [-0.2, -0.15) is 0 Å². The Morgan fingerprint density at radius 2 is 1.57 bits per heavy atom.